The van der Waals surface area contributed by atoms with E-state index in [2.05, 4.69) is 25.1 Å². The Hall–Kier alpha value is -3.09. The highest BCUT2D eigenvalue weighted by Gasteiger charge is 2.24. The Labute approximate surface area is 139 Å². The Morgan fingerprint density at radius 2 is 1.67 bits per heavy atom. The number of aromatic nitrogens is 4. The lowest BCUT2D eigenvalue weighted by Gasteiger charge is -2.34. The van der Waals surface area contributed by atoms with E-state index < -0.39 is 0 Å². The van der Waals surface area contributed by atoms with Crippen molar-refractivity contribution in [3.8, 4) is 0 Å². The van der Waals surface area contributed by atoms with Crippen molar-refractivity contribution >= 4 is 22.8 Å². The molecule has 0 radical (unpaired) electrons. The van der Waals surface area contributed by atoms with Crippen molar-refractivity contribution < 1.29 is 4.79 Å². The third kappa shape index (κ3) is 2.76. The molecule has 4 rings (SSSR count). The minimum atomic E-state index is -0.0816. The lowest BCUT2D eigenvalue weighted by Crippen LogP contribution is -2.49. The van der Waals surface area contributed by atoms with E-state index in [1.165, 1.54) is 0 Å². The SMILES string of the molecule is O=C(c1cc2ccccc2nn1)N1CCN(c2ncccn2)CC1. The number of anilines is 1. The molecule has 1 amide bonds. The molecule has 0 saturated carbocycles. The van der Waals surface area contributed by atoms with E-state index in [4.69, 9.17) is 0 Å². The fourth-order valence-electron chi connectivity index (χ4n) is 2.82. The lowest BCUT2D eigenvalue weighted by molar-refractivity contribution is 0.0739. The van der Waals surface area contributed by atoms with E-state index in [-0.39, 0.29) is 5.91 Å². The number of amides is 1. The molecule has 1 fully saturated rings. The molecule has 0 aliphatic carbocycles. The summed E-state index contributed by atoms with van der Waals surface area (Å²) in [5.74, 6) is 0.622. The van der Waals surface area contributed by atoms with Crippen LogP contribution < -0.4 is 4.90 Å². The van der Waals surface area contributed by atoms with E-state index in [0.29, 0.717) is 37.8 Å². The van der Waals surface area contributed by atoms with Crippen LogP contribution in [0.2, 0.25) is 0 Å². The molecule has 1 saturated heterocycles. The first-order valence-corrected chi connectivity index (χ1v) is 7.85. The Kier molecular flexibility index (Phi) is 3.74. The van der Waals surface area contributed by atoms with Crippen molar-refractivity contribution in [3.63, 3.8) is 0 Å². The number of rotatable bonds is 2. The van der Waals surface area contributed by atoms with Gasteiger partial charge in [0.1, 0.15) is 0 Å². The van der Waals surface area contributed by atoms with Crippen LogP contribution >= 0.6 is 0 Å². The molecule has 0 unspecified atom stereocenters. The molecule has 24 heavy (non-hydrogen) atoms. The number of piperazine rings is 1. The summed E-state index contributed by atoms with van der Waals surface area (Å²) in [5.41, 5.74) is 1.18. The zero-order valence-electron chi connectivity index (χ0n) is 13.0. The maximum atomic E-state index is 12.7. The molecule has 1 aromatic carbocycles. The van der Waals surface area contributed by atoms with Gasteiger partial charge in [-0.05, 0) is 18.2 Å². The highest BCUT2D eigenvalue weighted by atomic mass is 16.2. The van der Waals surface area contributed by atoms with Crippen LogP contribution in [-0.2, 0) is 0 Å². The van der Waals surface area contributed by atoms with Gasteiger partial charge < -0.3 is 9.80 Å². The van der Waals surface area contributed by atoms with E-state index >= 15 is 0 Å². The minimum Gasteiger partial charge on any atom is -0.337 e. The van der Waals surface area contributed by atoms with Crippen LogP contribution in [0.5, 0.6) is 0 Å². The van der Waals surface area contributed by atoms with Crippen LogP contribution in [0.4, 0.5) is 5.95 Å². The smallest absolute Gasteiger partial charge is 0.274 e. The summed E-state index contributed by atoms with van der Waals surface area (Å²) in [6.07, 6.45) is 3.45. The number of carbonyl (C=O) groups is 1. The highest BCUT2D eigenvalue weighted by molar-refractivity contribution is 5.95. The van der Waals surface area contributed by atoms with Crippen molar-refractivity contribution in [3.05, 3.63) is 54.5 Å². The number of carbonyl (C=O) groups excluding carboxylic acids is 1. The van der Waals surface area contributed by atoms with Gasteiger partial charge in [-0.25, -0.2) is 9.97 Å². The van der Waals surface area contributed by atoms with Gasteiger partial charge in [-0.1, -0.05) is 18.2 Å². The van der Waals surface area contributed by atoms with Crippen LogP contribution in [0.15, 0.2) is 48.8 Å². The molecule has 2 aromatic heterocycles. The first kappa shape index (κ1) is 14.5. The second-order valence-electron chi connectivity index (χ2n) is 5.62. The minimum absolute atomic E-state index is 0.0816. The summed E-state index contributed by atoms with van der Waals surface area (Å²) < 4.78 is 0. The Balaban J connectivity index is 1.47. The monoisotopic (exact) mass is 320 g/mol. The zero-order valence-corrected chi connectivity index (χ0v) is 13.0. The predicted octanol–water partition coefficient (Wildman–Crippen LogP) is 1.38. The zero-order chi connectivity index (χ0) is 16.4. The summed E-state index contributed by atoms with van der Waals surface area (Å²) in [5, 5.41) is 9.13. The predicted molar refractivity (Wildman–Crippen MR) is 89.7 cm³/mol. The third-order valence-electron chi connectivity index (χ3n) is 4.12. The summed E-state index contributed by atoms with van der Waals surface area (Å²) in [6.45, 7) is 2.64. The van der Waals surface area contributed by atoms with E-state index in [1.54, 1.807) is 29.4 Å². The second kappa shape index (κ2) is 6.19. The lowest BCUT2D eigenvalue weighted by atomic mass is 10.2. The molecular weight excluding hydrogens is 304 g/mol. The summed E-state index contributed by atoms with van der Waals surface area (Å²) in [4.78, 5) is 25.1. The topological polar surface area (TPSA) is 75.1 Å². The number of hydrogen-bond acceptors (Lipinski definition) is 6. The van der Waals surface area contributed by atoms with E-state index in [0.717, 1.165) is 10.9 Å². The van der Waals surface area contributed by atoms with Gasteiger partial charge in [0.25, 0.3) is 5.91 Å². The maximum absolute atomic E-state index is 12.7. The third-order valence-corrected chi connectivity index (χ3v) is 4.12. The Morgan fingerprint density at radius 1 is 0.917 bits per heavy atom. The van der Waals surface area contributed by atoms with Gasteiger partial charge in [-0.3, -0.25) is 4.79 Å². The van der Waals surface area contributed by atoms with Crippen LogP contribution in [0.25, 0.3) is 10.9 Å². The standard InChI is InChI=1S/C17H16N6O/c24-16(15-12-13-4-1-2-5-14(13)20-21-15)22-8-10-23(11-9-22)17-18-6-3-7-19-17/h1-7,12H,8-11H2. The molecule has 120 valence electrons. The van der Waals surface area contributed by atoms with Crippen LogP contribution in [0.1, 0.15) is 10.5 Å². The number of nitrogens with zero attached hydrogens (tertiary/aromatic N) is 6. The molecule has 3 heterocycles. The van der Waals surface area contributed by atoms with Crippen molar-refractivity contribution in [2.24, 2.45) is 0 Å². The average molecular weight is 320 g/mol. The van der Waals surface area contributed by atoms with Crippen molar-refractivity contribution in [2.45, 2.75) is 0 Å². The molecule has 1 aliphatic rings. The van der Waals surface area contributed by atoms with Crippen molar-refractivity contribution in [1.82, 2.24) is 25.1 Å². The van der Waals surface area contributed by atoms with Gasteiger partial charge in [0.2, 0.25) is 5.95 Å². The molecule has 0 atom stereocenters. The van der Waals surface area contributed by atoms with Crippen LogP contribution in [0, 0.1) is 0 Å². The molecule has 3 aromatic rings. The normalized spacial score (nSPS) is 14.8. The Bertz CT molecular complexity index is 861. The fraction of sp³-hybridized carbons (Fsp3) is 0.235. The van der Waals surface area contributed by atoms with Crippen molar-refractivity contribution in [1.29, 1.82) is 0 Å². The molecule has 0 spiro atoms. The van der Waals surface area contributed by atoms with Gasteiger partial charge in [-0.2, -0.15) is 0 Å². The van der Waals surface area contributed by atoms with Gasteiger partial charge in [-0.15, -0.1) is 10.2 Å². The maximum Gasteiger partial charge on any atom is 0.274 e. The molecule has 0 N–H and O–H groups in total. The summed E-state index contributed by atoms with van der Waals surface area (Å²) in [7, 11) is 0. The van der Waals surface area contributed by atoms with Gasteiger partial charge in [0.15, 0.2) is 5.69 Å². The largest absolute Gasteiger partial charge is 0.337 e. The van der Waals surface area contributed by atoms with Crippen molar-refractivity contribution in [2.75, 3.05) is 31.1 Å². The van der Waals surface area contributed by atoms with Gasteiger partial charge in [0, 0.05) is 44.0 Å². The quantitative estimate of drug-likeness (QED) is 0.710. The molecule has 1 aliphatic heterocycles. The summed E-state index contributed by atoms with van der Waals surface area (Å²) in [6, 6.07) is 11.2. The van der Waals surface area contributed by atoms with Gasteiger partial charge >= 0.3 is 0 Å². The average Bonchev–Trinajstić information content (AvgIpc) is 2.68. The molecule has 7 nitrogen and oxygen atoms in total. The van der Waals surface area contributed by atoms with Crippen LogP contribution in [0.3, 0.4) is 0 Å². The number of benzene rings is 1. The molecular formula is C17H16N6O. The molecule has 0 bridgehead atoms. The molecule has 7 heteroatoms. The number of fused-ring (bicyclic) bond motifs is 1. The fourth-order valence-corrected chi connectivity index (χ4v) is 2.82. The highest BCUT2D eigenvalue weighted by Crippen LogP contribution is 2.14. The van der Waals surface area contributed by atoms with E-state index in [9.17, 15) is 4.79 Å². The Morgan fingerprint density at radius 3 is 2.46 bits per heavy atom. The first-order valence-electron chi connectivity index (χ1n) is 7.85. The first-order chi connectivity index (χ1) is 11.8. The van der Waals surface area contributed by atoms with Gasteiger partial charge in [0.05, 0.1) is 5.52 Å². The van der Waals surface area contributed by atoms with E-state index in [1.807, 2.05) is 24.3 Å². The van der Waals surface area contributed by atoms with Crippen LogP contribution in [-0.4, -0.2) is 57.2 Å². The number of hydrogen-bond donors (Lipinski definition) is 0. The summed E-state index contributed by atoms with van der Waals surface area (Å²) >= 11 is 0. The second-order valence-corrected chi connectivity index (χ2v) is 5.62.